The summed E-state index contributed by atoms with van der Waals surface area (Å²) in [5, 5.41) is 14.0. The number of hydrogen-bond acceptors (Lipinski definition) is 7. The number of nitriles is 1. The molecule has 178 valence electrons. The van der Waals surface area contributed by atoms with Gasteiger partial charge in [0.15, 0.2) is 0 Å². The molecule has 0 aromatic carbocycles. The number of aryl methyl sites for hydroxylation is 1. The number of nitrogens with zero attached hydrogens (tertiary/aromatic N) is 9. The molecule has 6 rings (SSSR count). The van der Waals surface area contributed by atoms with Crippen LogP contribution in [-0.2, 0) is 13.6 Å². The number of aromatic nitrogens is 6. The minimum atomic E-state index is 0.492. The van der Waals surface area contributed by atoms with Crippen molar-refractivity contribution in [2.45, 2.75) is 6.54 Å². The van der Waals surface area contributed by atoms with Crippen LogP contribution in [0.25, 0.3) is 28.0 Å². The van der Waals surface area contributed by atoms with Crippen molar-refractivity contribution in [3.05, 3.63) is 84.8 Å². The van der Waals surface area contributed by atoms with Crippen LogP contribution in [0.5, 0.6) is 0 Å². The molecule has 0 aliphatic carbocycles. The maximum absolute atomic E-state index is 9.66. The summed E-state index contributed by atoms with van der Waals surface area (Å²) < 4.78 is 3.66. The molecule has 1 saturated heterocycles. The lowest BCUT2D eigenvalue weighted by Gasteiger charge is -2.35. The Morgan fingerprint density at radius 2 is 1.78 bits per heavy atom. The monoisotopic (exact) mass is 475 g/mol. The van der Waals surface area contributed by atoms with Crippen LogP contribution in [0.4, 0.5) is 5.82 Å². The topological polar surface area (TPSA) is 91.2 Å². The van der Waals surface area contributed by atoms with Crippen LogP contribution in [-0.4, -0.2) is 60.2 Å². The van der Waals surface area contributed by atoms with Crippen molar-refractivity contribution >= 4 is 11.5 Å². The highest BCUT2D eigenvalue weighted by atomic mass is 15.3. The van der Waals surface area contributed by atoms with Gasteiger partial charge in [-0.2, -0.15) is 10.4 Å². The summed E-state index contributed by atoms with van der Waals surface area (Å²) in [7, 11) is 1.90. The van der Waals surface area contributed by atoms with Crippen LogP contribution in [0.2, 0.25) is 0 Å². The van der Waals surface area contributed by atoms with E-state index < -0.39 is 0 Å². The Kier molecular flexibility index (Phi) is 5.64. The quantitative estimate of drug-likeness (QED) is 0.385. The minimum absolute atomic E-state index is 0.492. The molecular weight excluding hydrogens is 450 g/mol. The highest BCUT2D eigenvalue weighted by Crippen LogP contribution is 2.30. The molecule has 6 heterocycles. The van der Waals surface area contributed by atoms with Crippen LogP contribution in [0.15, 0.2) is 73.4 Å². The van der Waals surface area contributed by atoms with E-state index in [0.717, 1.165) is 72.3 Å². The van der Waals surface area contributed by atoms with Crippen molar-refractivity contribution in [2.75, 3.05) is 31.1 Å². The van der Waals surface area contributed by atoms with Gasteiger partial charge in [0.05, 0.1) is 23.8 Å². The van der Waals surface area contributed by atoms with Crippen LogP contribution in [0.3, 0.4) is 0 Å². The molecule has 5 aromatic rings. The molecule has 0 amide bonds. The van der Waals surface area contributed by atoms with Crippen molar-refractivity contribution < 1.29 is 0 Å². The zero-order chi connectivity index (χ0) is 24.5. The SMILES string of the molecule is Cn1cc(-c2cc(-c3ccc(N4CCN(Cc5ccccn5)CC4)nc3)n3c(C#N)cnc3c2)cn1. The lowest BCUT2D eigenvalue weighted by atomic mass is 10.1. The van der Waals surface area contributed by atoms with E-state index in [0.29, 0.717) is 5.69 Å². The van der Waals surface area contributed by atoms with Gasteiger partial charge in [0.1, 0.15) is 23.2 Å². The number of anilines is 1. The van der Waals surface area contributed by atoms with Crippen molar-refractivity contribution in [3.63, 3.8) is 0 Å². The predicted molar refractivity (Wildman–Crippen MR) is 137 cm³/mol. The molecule has 36 heavy (non-hydrogen) atoms. The van der Waals surface area contributed by atoms with Gasteiger partial charge in [-0.1, -0.05) is 6.07 Å². The molecule has 1 fully saturated rings. The maximum Gasteiger partial charge on any atom is 0.145 e. The molecular formula is C27H25N9. The molecule has 0 atom stereocenters. The zero-order valence-corrected chi connectivity index (χ0v) is 20.0. The van der Waals surface area contributed by atoms with Gasteiger partial charge in [-0.25, -0.2) is 9.97 Å². The van der Waals surface area contributed by atoms with E-state index >= 15 is 0 Å². The van der Waals surface area contributed by atoms with Crippen molar-refractivity contribution in [1.82, 2.24) is 34.0 Å². The Bertz CT molecular complexity index is 1540. The van der Waals surface area contributed by atoms with Crippen LogP contribution in [0.1, 0.15) is 11.4 Å². The summed E-state index contributed by atoms with van der Waals surface area (Å²) in [6.07, 6.45) is 9.15. The third-order valence-electron chi connectivity index (χ3n) is 6.61. The molecule has 0 unspecified atom stereocenters. The van der Waals surface area contributed by atoms with Crippen molar-refractivity contribution in [1.29, 1.82) is 5.26 Å². The van der Waals surface area contributed by atoms with Gasteiger partial charge in [-0.3, -0.25) is 19.0 Å². The van der Waals surface area contributed by atoms with Gasteiger partial charge in [0.25, 0.3) is 0 Å². The number of hydrogen-bond donors (Lipinski definition) is 0. The van der Waals surface area contributed by atoms with E-state index in [4.69, 9.17) is 4.98 Å². The number of rotatable bonds is 5. The van der Waals surface area contributed by atoms with E-state index in [1.54, 1.807) is 10.9 Å². The molecule has 9 nitrogen and oxygen atoms in total. The summed E-state index contributed by atoms with van der Waals surface area (Å²) in [6.45, 7) is 4.64. The van der Waals surface area contributed by atoms with Crippen LogP contribution < -0.4 is 4.90 Å². The fourth-order valence-electron chi connectivity index (χ4n) is 4.72. The molecule has 1 aliphatic rings. The van der Waals surface area contributed by atoms with E-state index in [2.05, 4.69) is 55.2 Å². The summed E-state index contributed by atoms with van der Waals surface area (Å²) >= 11 is 0. The van der Waals surface area contributed by atoms with Crippen LogP contribution >= 0.6 is 0 Å². The highest BCUT2D eigenvalue weighted by molar-refractivity contribution is 5.75. The predicted octanol–water partition coefficient (Wildman–Crippen LogP) is 3.39. The normalized spacial score (nSPS) is 14.3. The highest BCUT2D eigenvalue weighted by Gasteiger charge is 2.19. The Hall–Kier alpha value is -4.55. The first-order chi connectivity index (χ1) is 17.7. The standard InChI is InChI=1S/C27H25N9/c1-33-18-22(16-32-33)21-12-25(36-24(14-28)17-31-27(36)13-21)20-5-6-26(30-15-20)35-10-8-34(9-11-35)19-23-4-2-3-7-29-23/h2-7,12-13,15-18H,8-11,19H2,1H3. The minimum Gasteiger partial charge on any atom is -0.354 e. The number of imidazole rings is 1. The molecule has 0 saturated carbocycles. The van der Waals surface area contributed by atoms with E-state index in [9.17, 15) is 5.26 Å². The number of piperazine rings is 1. The number of fused-ring (bicyclic) bond motifs is 1. The van der Waals surface area contributed by atoms with E-state index in [1.165, 1.54) is 0 Å². The van der Waals surface area contributed by atoms with Gasteiger partial charge in [0.2, 0.25) is 0 Å². The molecule has 5 aromatic heterocycles. The molecule has 0 spiro atoms. The Morgan fingerprint density at radius 1 is 0.889 bits per heavy atom. The average Bonchev–Trinajstić information content (AvgIpc) is 3.55. The Labute approximate surface area is 208 Å². The van der Waals surface area contributed by atoms with Gasteiger partial charge >= 0.3 is 0 Å². The fraction of sp³-hybridized carbons (Fsp3) is 0.222. The smallest absolute Gasteiger partial charge is 0.145 e. The Balaban J connectivity index is 1.25. The second-order valence-electron chi connectivity index (χ2n) is 8.97. The first-order valence-electron chi connectivity index (χ1n) is 11.9. The first kappa shape index (κ1) is 21.9. The summed E-state index contributed by atoms with van der Waals surface area (Å²) in [6, 6.07) is 16.5. The van der Waals surface area contributed by atoms with E-state index in [1.807, 2.05) is 54.4 Å². The fourth-order valence-corrected chi connectivity index (χ4v) is 4.72. The summed E-state index contributed by atoms with van der Waals surface area (Å²) in [5.74, 6) is 0.960. The van der Waals surface area contributed by atoms with Crippen LogP contribution in [0, 0.1) is 11.3 Å². The summed E-state index contributed by atoms with van der Waals surface area (Å²) in [5.41, 5.74) is 6.11. The van der Waals surface area contributed by atoms with Crippen molar-refractivity contribution in [2.24, 2.45) is 7.05 Å². The largest absolute Gasteiger partial charge is 0.354 e. The Morgan fingerprint density at radius 3 is 2.47 bits per heavy atom. The third kappa shape index (κ3) is 4.19. The van der Waals surface area contributed by atoms with Gasteiger partial charge < -0.3 is 4.90 Å². The molecule has 0 bridgehead atoms. The van der Waals surface area contributed by atoms with E-state index in [-0.39, 0.29) is 0 Å². The lowest BCUT2D eigenvalue weighted by Crippen LogP contribution is -2.46. The lowest BCUT2D eigenvalue weighted by molar-refractivity contribution is 0.246. The second kappa shape index (κ2) is 9.24. The summed E-state index contributed by atoms with van der Waals surface area (Å²) in [4.78, 5) is 18.5. The van der Waals surface area contributed by atoms with Gasteiger partial charge in [-0.05, 0) is 42.0 Å². The maximum atomic E-state index is 9.66. The second-order valence-corrected chi connectivity index (χ2v) is 8.97. The third-order valence-corrected chi connectivity index (χ3v) is 6.61. The average molecular weight is 476 g/mol. The molecule has 9 heteroatoms. The zero-order valence-electron chi connectivity index (χ0n) is 20.0. The van der Waals surface area contributed by atoms with Gasteiger partial charge in [0, 0.05) is 69.5 Å². The van der Waals surface area contributed by atoms with Crippen molar-refractivity contribution in [3.8, 4) is 28.5 Å². The molecule has 0 radical (unpaired) electrons. The van der Waals surface area contributed by atoms with Gasteiger partial charge in [-0.15, -0.1) is 0 Å². The molecule has 0 N–H and O–H groups in total. The first-order valence-corrected chi connectivity index (χ1v) is 11.9. The molecule has 1 aliphatic heterocycles. The number of pyridine rings is 3.